The van der Waals surface area contributed by atoms with Crippen LogP contribution in [0.2, 0.25) is 0 Å². The molecule has 0 aromatic carbocycles. The van der Waals surface area contributed by atoms with Crippen LogP contribution in [0.3, 0.4) is 0 Å². The Morgan fingerprint density at radius 3 is 2.92 bits per heavy atom. The summed E-state index contributed by atoms with van der Waals surface area (Å²) in [7, 11) is 1.85. The minimum atomic E-state index is -0.460. The van der Waals surface area contributed by atoms with Crippen molar-refractivity contribution in [2.75, 3.05) is 31.6 Å². The largest absolute Gasteiger partial charge is 0.394 e. The molecule has 1 aliphatic heterocycles. The van der Waals surface area contributed by atoms with E-state index in [1.54, 1.807) is 27.7 Å². The van der Waals surface area contributed by atoms with E-state index in [4.69, 9.17) is 4.74 Å². The molecule has 12 nitrogen and oxygen atoms in total. The van der Waals surface area contributed by atoms with Crippen molar-refractivity contribution in [1.29, 1.82) is 0 Å². The highest BCUT2D eigenvalue weighted by Gasteiger charge is 2.33. The number of ether oxygens (including phenoxy) is 1. The Balaban J connectivity index is 1.27. The van der Waals surface area contributed by atoms with Gasteiger partial charge in [-0.3, -0.25) is 24.2 Å². The Morgan fingerprint density at radius 2 is 2.16 bits per heavy atom. The first-order chi connectivity index (χ1) is 17.7. The van der Waals surface area contributed by atoms with Crippen molar-refractivity contribution in [3.8, 4) is 10.4 Å². The van der Waals surface area contributed by atoms with E-state index in [-0.39, 0.29) is 30.7 Å². The summed E-state index contributed by atoms with van der Waals surface area (Å²) in [5.74, 6) is -0.218. The van der Waals surface area contributed by atoms with E-state index in [1.165, 1.54) is 11.3 Å². The lowest BCUT2D eigenvalue weighted by Gasteiger charge is -2.41. The summed E-state index contributed by atoms with van der Waals surface area (Å²) in [6, 6.07) is 1.69. The fourth-order valence-electron chi connectivity index (χ4n) is 4.94. The third-order valence-corrected chi connectivity index (χ3v) is 7.44. The molecule has 0 radical (unpaired) electrons. The number of carbonyl (C=O) groups is 1. The molecular weight excluding hydrogens is 496 g/mol. The van der Waals surface area contributed by atoms with Crippen molar-refractivity contribution < 1.29 is 14.6 Å². The summed E-state index contributed by atoms with van der Waals surface area (Å²) >= 11 is 1.47. The van der Waals surface area contributed by atoms with Gasteiger partial charge in [-0.2, -0.15) is 10.2 Å². The molecule has 6 heterocycles. The summed E-state index contributed by atoms with van der Waals surface area (Å²) in [6.07, 6.45) is 6.79. The maximum Gasteiger partial charge on any atom is 0.261 e. The number of aliphatic hydroxyl groups excluding tert-OH is 1. The van der Waals surface area contributed by atoms with E-state index < -0.39 is 5.60 Å². The molecule has 3 N–H and O–H groups in total. The SMILES string of the molecule is Cn1cc(-c2cn3nc4c5ncc(NC(=O)CN6C[C@@H](CO)OC(C)(C)C6)cc5[nH]c(=O)c4c3s2)cn1. The van der Waals surface area contributed by atoms with E-state index in [0.717, 1.165) is 15.3 Å². The number of hydrogen-bond acceptors (Lipinski definition) is 9. The lowest BCUT2D eigenvalue weighted by Crippen LogP contribution is -2.55. The van der Waals surface area contributed by atoms with Gasteiger partial charge in [-0.05, 0) is 19.9 Å². The number of anilines is 1. The molecule has 1 saturated heterocycles. The Hall–Kier alpha value is -3.65. The van der Waals surface area contributed by atoms with Crippen molar-refractivity contribution in [3.63, 3.8) is 0 Å². The highest BCUT2D eigenvalue weighted by atomic mass is 32.1. The number of rotatable bonds is 5. The van der Waals surface area contributed by atoms with Gasteiger partial charge in [-0.25, -0.2) is 4.52 Å². The molecule has 1 amide bonds. The topological polar surface area (TPSA) is 143 Å². The van der Waals surface area contributed by atoms with Gasteiger partial charge in [0.25, 0.3) is 5.56 Å². The molecule has 0 saturated carbocycles. The quantitative estimate of drug-likeness (QED) is 0.316. The minimum Gasteiger partial charge on any atom is -0.394 e. The number of carbonyl (C=O) groups excluding carboxylic acids is 1. The molecule has 0 bridgehead atoms. The van der Waals surface area contributed by atoms with Crippen molar-refractivity contribution >= 4 is 49.7 Å². The maximum atomic E-state index is 13.1. The molecule has 1 fully saturated rings. The van der Waals surface area contributed by atoms with Gasteiger partial charge >= 0.3 is 0 Å². The number of H-pyrrole nitrogens is 1. The number of aromatic amines is 1. The molecule has 5 aromatic rings. The van der Waals surface area contributed by atoms with Crippen LogP contribution in [0.5, 0.6) is 0 Å². The Bertz CT molecular complexity index is 1710. The van der Waals surface area contributed by atoms with Crippen LogP contribution in [-0.4, -0.2) is 83.2 Å². The monoisotopic (exact) mass is 522 g/mol. The maximum absolute atomic E-state index is 13.1. The number of morpholine rings is 1. The van der Waals surface area contributed by atoms with E-state index in [9.17, 15) is 14.7 Å². The zero-order chi connectivity index (χ0) is 25.9. The third kappa shape index (κ3) is 4.39. The van der Waals surface area contributed by atoms with E-state index in [0.29, 0.717) is 40.7 Å². The molecular formula is C24H26N8O4S. The van der Waals surface area contributed by atoms with Gasteiger partial charge in [0.05, 0.1) is 53.3 Å². The first-order valence-electron chi connectivity index (χ1n) is 11.8. The van der Waals surface area contributed by atoms with Gasteiger partial charge in [-0.1, -0.05) is 0 Å². The van der Waals surface area contributed by atoms with Gasteiger partial charge in [0.1, 0.15) is 21.3 Å². The predicted molar refractivity (Wildman–Crippen MR) is 140 cm³/mol. The lowest BCUT2D eigenvalue weighted by molar-refractivity contribution is -0.151. The van der Waals surface area contributed by atoms with Crippen LogP contribution in [0, 0.1) is 0 Å². The third-order valence-electron chi connectivity index (χ3n) is 6.30. The van der Waals surface area contributed by atoms with Crippen LogP contribution < -0.4 is 10.9 Å². The van der Waals surface area contributed by atoms with Crippen LogP contribution in [0.25, 0.3) is 37.2 Å². The molecule has 1 aliphatic rings. The summed E-state index contributed by atoms with van der Waals surface area (Å²) < 4.78 is 9.24. The Kier molecular flexibility index (Phi) is 5.60. The van der Waals surface area contributed by atoms with E-state index in [2.05, 4.69) is 25.5 Å². The molecule has 1 atom stereocenters. The predicted octanol–water partition coefficient (Wildman–Crippen LogP) is 1.60. The van der Waals surface area contributed by atoms with Crippen LogP contribution in [0.1, 0.15) is 13.8 Å². The van der Waals surface area contributed by atoms with Gasteiger partial charge < -0.3 is 20.1 Å². The average Bonchev–Trinajstić information content (AvgIpc) is 3.52. The van der Waals surface area contributed by atoms with Gasteiger partial charge in [0.15, 0.2) is 0 Å². The van der Waals surface area contributed by atoms with Gasteiger partial charge in [-0.15, -0.1) is 11.3 Å². The van der Waals surface area contributed by atoms with Crippen molar-refractivity contribution in [2.45, 2.75) is 25.6 Å². The summed E-state index contributed by atoms with van der Waals surface area (Å²) in [6.45, 7) is 4.95. The van der Waals surface area contributed by atoms with Gasteiger partial charge in [0, 0.05) is 38.1 Å². The Labute approximate surface area is 214 Å². The van der Waals surface area contributed by atoms with Crippen LogP contribution in [-0.2, 0) is 16.6 Å². The van der Waals surface area contributed by atoms with Crippen molar-refractivity contribution in [3.05, 3.63) is 41.2 Å². The fourth-order valence-corrected chi connectivity index (χ4v) is 6.00. The Morgan fingerprint density at radius 1 is 1.32 bits per heavy atom. The molecule has 0 spiro atoms. The summed E-state index contributed by atoms with van der Waals surface area (Å²) in [5.41, 5.74) is 2.24. The molecule has 37 heavy (non-hydrogen) atoms. The van der Waals surface area contributed by atoms with Crippen molar-refractivity contribution in [1.82, 2.24) is 34.3 Å². The smallest absolute Gasteiger partial charge is 0.261 e. The highest BCUT2D eigenvalue weighted by molar-refractivity contribution is 7.21. The number of thiazole rings is 1. The lowest BCUT2D eigenvalue weighted by atomic mass is 10.1. The first-order valence-corrected chi connectivity index (χ1v) is 12.6. The molecule has 5 aromatic heterocycles. The standard InChI is InChI=1S/C24H26N8O4S/c1-24(2)12-31(8-15(11-33)36-24)10-18(34)27-14-4-16-20(25-6-14)21-19(22(35)28-16)23-32(29-21)9-17(37-23)13-5-26-30(3)7-13/h4-7,9,15,33H,8,10-12H2,1-3H3,(H,27,34)(H,28,35)/t15-/m0/s1. The van der Waals surface area contributed by atoms with Crippen LogP contribution in [0.4, 0.5) is 5.69 Å². The zero-order valence-corrected chi connectivity index (χ0v) is 21.4. The number of amides is 1. The number of aryl methyl sites for hydroxylation is 1. The molecule has 6 rings (SSSR count). The zero-order valence-electron chi connectivity index (χ0n) is 20.6. The number of nitrogens with one attached hydrogen (secondary N) is 2. The summed E-state index contributed by atoms with van der Waals surface area (Å²) in [5, 5.41) is 21.7. The number of aromatic nitrogens is 6. The minimum absolute atomic E-state index is 0.103. The summed E-state index contributed by atoms with van der Waals surface area (Å²) in [4.78, 5) is 36.9. The second-order valence-electron chi connectivity index (χ2n) is 9.95. The number of hydrogen-bond donors (Lipinski definition) is 3. The van der Waals surface area contributed by atoms with Crippen LogP contribution in [0.15, 0.2) is 35.6 Å². The van der Waals surface area contributed by atoms with E-state index in [1.807, 2.05) is 38.2 Å². The highest BCUT2D eigenvalue weighted by Crippen LogP contribution is 2.33. The second-order valence-corrected chi connectivity index (χ2v) is 11.0. The first kappa shape index (κ1) is 23.7. The normalized spacial score (nSPS) is 18.2. The average molecular weight is 523 g/mol. The van der Waals surface area contributed by atoms with E-state index >= 15 is 0 Å². The van der Waals surface area contributed by atoms with Gasteiger partial charge in [0.2, 0.25) is 5.91 Å². The number of fused-ring (bicyclic) bond motifs is 5. The molecule has 13 heteroatoms. The number of nitrogens with zero attached hydrogens (tertiary/aromatic N) is 6. The number of aliphatic hydroxyl groups is 1. The molecule has 0 aliphatic carbocycles. The van der Waals surface area contributed by atoms with Crippen LogP contribution >= 0.6 is 11.3 Å². The second kappa shape index (κ2) is 8.73. The molecule has 192 valence electrons. The fraction of sp³-hybridized carbons (Fsp3) is 0.375. The molecule has 0 unspecified atom stereocenters. The number of pyridine rings is 2. The van der Waals surface area contributed by atoms with Crippen molar-refractivity contribution in [2.24, 2.45) is 7.05 Å².